The fraction of sp³-hybridized carbons (Fsp3) is 0.200. The average Bonchev–Trinajstić information content (AvgIpc) is 2.88. The fourth-order valence-electron chi connectivity index (χ4n) is 1.69. The van der Waals surface area contributed by atoms with Gasteiger partial charge in [0.15, 0.2) is 6.61 Å². The van der Waals surface area contributed by atoms with E-state index in [1.807, 2.05) is 26.0 Å². The van der Waals surface area contributed by atoms with Gasteiger partial charge in [-0.1, -0.05) is 6.07 Å². The number of carbonyl (C=O) groups excluding carboxylic acids is 1. The van der Waals surface area contributed by atoms with Crippen molar-refractivity contribution in [2.24, 2.45) is 0 Å². The highest BCUT2D eigenvalue weighted by Crippen LogP contribution is 2.23. The maximum atomic E-state index is 11.8. The normalized spacial score (nSPS) is 10.2. The van der Waals surface area contributed by atoms with Gasteiger partial charge in [-0.2, -0.15) is 0 Å². The molecule has 0 unspecified atom stereocenters. The standard InChI is InChI=1S/C15H15NO4S/c1-9-3-4-11(7-10(9)2)20-8-13(17)16-14-12(15(18)19)5-6-21-14/h3-7H,8H2,1-2H3,(H,16,17)(H,18,19). The highest BCUT2D eigenvalue weighted by molar-refractivity contribution is 7.14. The zero-order chi connectivity index (χ0) is 15.4. The lowest BCUT2D eigenvalue weighted by Crippen LogP contribution is -2.20. The molecule has 2 N–H and O–H groups in total. The number of hydrogen-bond acceptors (Lipinski definition) is 4. The first-order valence-electron chi connectivity index (χ1n) is 6.28. The van der Waals surface area contributed by atoms with E-state index in [9.17, 15) is 9.59 Å². The molecule has 0 saturated carbocycles. The molecule has 5 nitrogen and oxygen atoms in total. The van der Waals surface area contributed by atoms with Crippen molar-refractivity contribution in [2.45, 2.75) is 13.8 Å². The Labute approximate surface area is 126 Å². The van der Waals surface area contributed by atoms with Crippen LogP contribution in [0.25, 0.3) is 0 Å². The van der Waals surface area contributed by atoms with Gasteiger partial charge in [0, 0.05) is 0 Å². The van der Waals surface area contributed by atoms with Gasteiger partial charge in [-0.25, -0.2) is 4.79 Å². The molecule has 110 valence electrons. The van der Waals surface area contributed by atoms with Crippen molar-refractivity contribution in [1.82, 2.24) is 0 Å². The van der Waals surface area contributed by atoms with Crippen LogP contribution in [0.3, 0.4) is 0 Å². The maximum Gasteiger partial charge on any atom is 0.338 e. The third-order valence-electron chi connectivity index (χ3n) is 3.00. The van der Waals surface area contributed by atoms with Crippen molar-refractivity contribution in [3.05, 3.63) is 46.3 Å². The number of aromatic carboxylic acids is 1. The molecule has 0 spiro atoms. The van der Waals surface area contributed by atoms with Gasteiger partial charge < -0.3 is 15.2 Å². The predicted octanol–water partition coefficient (Wildman–Crippen LogP) is 3.08. The van der Waals surface area contributed by atoms with Crippen LogP contribution in [0.15, 0.2) is 29.6 Å². The van der Waals surface area contributed by atoms with E-state index >= 15 is 0 Å². The summed E-state index contributed by atoms with van der Waals surface area (Å²) in [4.78, 5) is 22.7. The summed E-state index contributed by atoms with van der Waals surface area (Å²) in [7, 11) is 0. The second-order valence-corrected chi connectivity index (χ2v) is 5.47. The van der Waals surface area contributed by atoms with E-state index < -0.39 is 11.9 Å². The summed E-state index contributed by atoms with van der Waals surface area (Å²) < 4.78 is 5.40. The minimum atomic E-state index is -1.07. The molecule has 1 aromatic carbocycles. The van der Waals surface area contributed by atoms with Gasteiger partial charge in [0.1, 0.15) is 10.8 Å². The van der Waals surface area contributed by atoms with Gasteiger partial charge in [-0.15, -0.1) is 11.3 Å². The van der Waals surface area contributed by atoms with E-state index in [0.717, 1.165) is 22.5 Å². The molecule has 1 heterocycles. The van der Waals surface area contributed by atoms with Gasteiger partial charge in [0.05, 0.1) is 5.56 Å². The topological polar surface area (TPSA) is 75.6 Å². The Morgan fingerprint density at radius 3 is 2.67 bits per heavy atom. The Kier molecular flexibility index (Phi) is 4.59. The molecule has 0 aliphatic carbocycles. The van der Waals surface area contributed by atoms with E-state index in [4.69, 9.17) is 9.84 Å². The lowest BCUT2D eigenvalue weighted by Gasteiger charge is -2.08. The number of rotatable bonds is 5. The second-order valence-electron chi connectivity index (χ2n) is 4.55. The molecule has 0 fully saturated rings. The molecule has 21 heavy (non-hydrogen) atoms. The van der Waals surface area contributed by atoms with E-state index in [2.05, 4.69) is 5.32 Å². The van der Waals surface area contributed by atoms with Gasteiger partial charge in [-0.05, 0) is 48.6 Å². The van der Waals surface area contributed by atoms with Crippen molar-refractivity contribution < 1.29 is 19.4 Å². The number of ether oxygens (including phenoxy) is 1. The van der Waals surface area contributed by atoms with E-state index in [1.165, 1.54) is 6.07 Å². The molecule has 0 radical (unpaired) electrons. The van der Waals surface area contributed by atoms with Crippen LogP contribution in [0.5, 0.6) is 5.75 Å². The van der Waals surface area contributed by atoms with Gasteiger partial charge in [-0.3, -0.25) is 4.79 Å². The summed E-state index contributed by atoms with van der Waals surface area (Å²) in [6, 6.07) is 7.02. The average molecular weight is 305 g/mol. The van der Waals surface area contributed by atoms with Crippen LogP contribution in [0.1, 0.15) is 21.5 Å². The molecular formula is C15H15NO4S. The third-order valence-corrected chi connectivity index (χ3v) is 3.83. The number of thiophene rings is 1. The monoisotopic (exact) mass is 305 g/mol. The molecule has 0 bridgehead atoms. The van der Waals surface area contributed by atoms with Crippen molar-refractivity contribution in [3.8, 4) is 5.75 Å². The first-order valence-corrected chi connectivity index (χ1v) is 7.16. The number of carboxylic acid groups (broad SMARTS) is 1. The quantitative estimate of drug-likeness (QED) is 0.890. The minimum Gasteiger partial charge on any atom is -0.484 e. The molecular weight excluding hydrogens is 290 g/mol. The number of aryl methyl sites for hydroxylation is 2. The Morgan fingerprint density at radius 1 is 1.24 bits per heavy atom. The molecule has 0 aliphatic rings. The molecule has 0 atom stereocenters. The molecule has 0 saturated heterocycles. The van der Waals surface area contributed by atoms with Crippen molar-refractivity contribution in [2.75, 3.05) is 11.9 Å². The summed E-state index contributed by atoms with van der Waals surface area (Å²) in [6.07, 6.45) is 0. The summed E-state index contributed by atoms with van der Waals surface area (Å²) >= 11 is 1.16. The summed E-state index contributed by atoms with van der Waals surface area (Å²) in [5, 5.41) is 13.4. The SMILES string of the molecule is Cc1ccc(OCC(=O)Nc2sccc2C(=O)O)cc1C. The summed E-state index contributed by atoms with van der Waals surface area (Å²) in [6.45, 7) is 3.79. The van der Waals surface area contributed by atoms with Gasteiger partial charge in [0.2, 0.25) is 0 Å². The lowest BCUT2D eigenvalue weighted by molar-refractivity contribution is -0.118. The Hall–Kier alpha value is -2.34. The van der Waals surface area contributed by atoms with Crippen LogP contribution in [0, 0.1) is 13.8 Å². The van der Waals surface area contributed by atoms with Crippen molar-refractivity contribution in [1.29, 1.82) is 0 Å². The molecule has 1 aromatic heterocycles. The zero-order valence-electron chi connectivity index (χ0n) is 11.7. The second kappa shape index (κ2) is 6.41. The third kappa shape index (κ3) is 3.82. The Balaban J connectivity index is 1.94. The molecule has 2 rings (SSSR count). The van der Waals surface area contributed by atoms with Crippen LogP contribution in [0.4, 0.5) is 5.00 Å². The number of anilines is 1. The summed E-state index contributed by atoms with van der Waals surface area (Å²) in [5.74, 6) is -0.849. The number of amides is 1. The van der Waals surface area contributed by atoms with E-state index in [1.54, 1.807) is 11.4 Å². The smallest absolute Gasteiger partial charge is 0.338 e. The van der Waals surface area contributed by atoms with Crippen molar-refractivity contribution >= 4 is 28.2 Å². The van der Waals surface area contributed by atoms with Crippen molar-refractivity contribution in [3.63, 3.8) is 0 Å². The number of carbonyl (C=O) groups is 2. The van der Waals surface area contributed by atoms with Crippen LogP contribution in [-0.4, -0.2) is 23.6 Å². The van der Waals surface area contributed by atoms with Crippen LogP contribution < -0.4 is 10.1 Å². The first-order chi connectivity index (χ1) is 9.97. The van der Waals surface area contributed by atoms with Crippen LogP contribution in [0.2, 0.25) is 0 Å². The Bertz CT molecular complexity index is 678. The van der Waals surface area contributed by atoms with Gasteiger partial charge in [0.25, 0.3) is 5.91 Å². The van der Waals surface area contributed by atoms with E-state index in [0.29, 0.717) is 10.8 Å². The fourth-order valence-corrected chi connectivity index (χ4v) is 2.49. The maximum absolute atomic E-state index is 11.8. The molecule has 0 aliphatic heterocycles. The number of benzene rings is 1. The number of carboxylic acids is 1. The van der Waals surface area contributed by atoms with Gasteiger partial charge >= 0.3 is 5.97 Å². The number of nitrogens with one attached hydrogen (secondary N) is 1. The largest absolute Gasteiger partial charge is 0.484 e. The summed E-state index contributed by atoms with van der Waals surface area (Å²) in [5.41, 5.74) is 2.32. The van der Waals surface area contributed by atoms with Crippen LogP contribution in [-0.2, 0) is 4.79 Å². The van der Waals surface area contributed by atoms with E-state index in [-0.39, 0.29) is 12.2 Å². The zero-order valence-corrected chi connectivity index (χ0v) is 12.5. The highest BCUT2D eigenvalue weighted by Gasteiger charge is 2.14. The molecule has 6 heteroatoms. The Morgan fingerprint density at radius 2 is 2.00 bits per heavy atom. The molecule has 2 aromatic rings. The first kappa shape index (κ1) is 15.1. The van der Waals surface area contributed by atoms with Crippen LogP contribution >= 0.6 is 11.3 Å². The predicted molar refractivity (Wildman–Crippen MR) is 81.3 cm³/mol. The minimum absolute atomic E-state index is 0.0829. The molecule has 1 amide bonds. The highest BCUT2D eigenvalue weighted by atomic mass is 32.1. The lowest BCUT2D eigenvalue weighted by atomic mass is 10.1. The number of hydrogen-bond donors (Lipinski definition) is 2.